The number of rotatable bonds is 7. The van der Waals surface area contributed by atoms with Crippen LogP contribution in [0.1, 0.15) is 18.1 Å². The van der Waals surface area contributed by atoms with E-state index < -0.39 is 0 Å². The van der Waals surface area contributed by atoms with E-state index in [1.54, 1.807) is 0 Å². The van der Waals surface area contributed by atoms with Gasteiger partial charge in [0.05, 0.1) is 11.7 Å². The molecular formula is C20H26ClN3O. The van der Waals surface area contributed by atoms with Crippen molar-refractivity contribution in [2.24, 2.45) is 0 Å². The molecule has 2 atom stereocenters. The standard InChI is InChI=1S/C20H26ClN3O/c1-24(2)12-6-11-22-14-18-20(15-7-4-3-5-8-15)25-19-10-9-16(21)13-17(19)23-18/h3-5,7-10,13,18,20,22-23H,6,11-12,14H2,1-2H3. The maximum atomic E-state index is 6.31. The Morgan fingerprint density at radius 1 is 1.16 bits per heavy atom. The highest BCUT2D eigenvalue weighted by molar-refractivity contribution is 6.30. The highest BCUT2D eigenvalue weighted by Crippen LogP contribution is 2.38. The minimum Gasteiger partial charge on any atom is -0.481 e. The lowest BCUT2D eigenvalue weighted by molar-refractivity contribution is 0.169. The Labute approximate surface area is 155 Å². The molecule has 2 unspecified atom stereocenters. The van der Waals surface area contributed by atoms with Crippen molar-refractivity contribution < 1.29 is 4.74 Å². The van der Waals surface area contributed by atoms with Gasteiger partial charge in [-0.1, -0.05) is 41.9 Å². The van der Waals surface area contributed by atoms with E-state index in [-0.39, 0.29) is 12.1 Å². The summed E-state index contributed by atoms with van der Waals surface area (Å²) in [6.45, 7) is 2.90. The van der Waals surface area contributed by atoms with Crippen LogP contribution in [0.4, 0.5) is 5.69 Å². The molecule has 1 aliphatic rings. The minimum absolute atomic E-state index is 0.0313. The van der Waals surface area contributed by atoms with Gasteiger partial charge >= 0.3 is 0 Å². The first-order chi connectivity index (χ1) is 12.1. The second-order valence-electron chi connectivity index (χ2n) is 6.70. The average Bonchev–Trinajstić information content (AvgIpc) is 2.61. The Bertz CT molecular complexity index is 678. The number of halogens is 1. The van der Waals surface area contributed by atoms with Crippen molar-refractivity contribution >= 4 is 17.3 Å². The fourth-order valence-electron chi connectivity index (χ4n) is 3.09. The quantitative estimate of drug-likeness (QED) is 0.737. The average molecular weight is 360 g/mol. The van der Waals surface area contributed by atoms with Crippen LogP contribution in [0.3, 0.4) is 0 Å². The van der Waals surface area contributed by atoms with Gasteiger partial charge in [0.1, 0.15) is 11.9 Å². The summed E-state index contributed by atoms with van der Waals surface area (Å²) in [6, 6.07) is 16.2. The fraction of sp³-hybridized carbons (Fsp3) is 0.400. The molecule has 1 heterocycles. The Kier molecular flexibility index (Phi) is 6.19. The van der Waals surface area contributed by atoms with Crippen molar-refractivity contribution in [3.05, 3.63) is 59.1 Å². The third-order valence-corrected chi connectivity index (χ3v) is 4.59. The molecule has 2 aromatic carbocycles. The van der Waals surface area contributed by atoms with Crippen LogP contribution in [0.25, 0.3) is 0 Å². The van der Waals surface area contributed by atoms with Gasteiger partial charge in [-0.15, -0.1) is 0 Å². The lowest BCUT2D eigenvalue weighted by atomic mass is 9.99. The van der Waals surface area contributed by atoms with Crippen LogP contribution in [0.15, 0.2) is 48.5 Å². The highest BCUT2D eigenvalue weighted by atomic mass is 35.5. The van der Waals surface area contributed by atoms with Gasteiger partial charge in [-0.2, -0.15) is 0 Å². The van der Waals surface area contributed by atoms with Gasteiger partial charge in [0.15, 0.2) is 0 Å². The van der Waals surface area contributed by atoms with Crippen molar-refractivity contribution in [2.45, 2.75) is 18.6 Å². The van der Waals surface area contributed by atoms with Gasteiger partial charge < -0.3 is 20.3 Å². The molecule has 2 aromatic rings. The summed E-state index contributed by atoms with van der Waals surface area (Å²) in [5, 5.41) is 7.87. The van der Waals surface area contributed by atoms with Gasteiger partial charge in [-0.05, 0) is 57.4 Å². The number of nitrogens with zero attached hydrogens (tertiary/aromatic N) is 1. The zero-order valence-corrected chi connectivity index (χ0v) is 15.6. The summed E-state index contributed by atoms with van der Waals surface area (Å²) in [5.74, 6) is 0.849. The lowest BCUT2D eigenvalue weighted by Crippen LogP contribution is -2.43. The third-order valence-electron chi connectivity index (χ3n) is 4.35. The van der Waals surface area contributed by atoms with Crippen molar-refractivity contribution in [3.8, 4) is 5.75 Å². The lowest BCUT2D eigenvalue weighted by Gasteiger charge is -2.35. The number of benzene rings is 2. The first-order valence-electron chi connectivity index (χ1n) is 8.76. The van der Waals surface area contributed by atoms with Gasteiger partial charge in [0.2, 0.25) is 0 Å². The fourth-order valence-corrected chi connectivity index (χ4v) is 3.26. The summed E-state index contributed by atoms with van der Waals surface area (Å²) in [7, 11) is 4.20. The molecule has 4 nitrogen and oxygen atoms in total. The van der Waals surface area contributed by atoms with Crippen LogP contribution in [0, 0.1) is 0 Å². The summed E-state index contributed by atoms with van der Waals surface area (Å²) >= 11 is 6.14. The Morgan fingerprint density at radius 2 is 1.96 bits per heavy atom. The van der Waals surface area contributed by atoms with Gasteiger partial charge in [0, 0.05) is 11.6 Å². The van der Waals surface area contributed by atoms with Gasteiger partial charge in [0.25, 0.3) is 0 Å². The molecule has 0 radical (unpaired) electrons. The summed E-state index contributed by atoms with van der Waals surface area (Å²) in [4.78, 5) is 2.20. The predicted octanol–water partition coefficient (Wildman–Crippen LogP) is 3.80. The van der Waals surface area contributed by atoms with E-state index in [9.17, 15) is 0 Å². The molecule has 134 valence electrons. The molecule has 0 saturated carbocycles. The smallest absolute Gasteiger partial charge is 0.145 e. The zero-order valence-electron chi connectivity index (χ0n) is 14.8. The highest BCUT2D eigenvalue weighted by Gasteiger charge is 2.30. The van der Waals surface area contributed by atoms with E-state index in [1.165, 1.54) is 5.56 Å². The largest absolute Gasteiger partial charge is 0.481 e. The number of hydrogen-bond donors (Lipinski definition) is 2. The SMILES string of the molecule is CN(C)CCCNCC1Nc2cc(Cl)ccc2OC1c1ccccc1. The molecule has 0 aliphatic carbocycles. The van der Waals surface area contributed by atoms with Crippen LogP contribution in [0.2, 0.25) is 5.02 Å². The Hall–Kier alpha value is -1.75. The summed E-state index contributed by atoms with van der Waals surface area (Å²) in [6.07, 6.45) is 1.09. The molecule has 1 aliphatic heterocycles. The van der Waals surface area contributed by atoms with Crippen molar-refractivity contribution in [3.63, 3.8) is 0 Å². The first-order valence-corrected chi connectivity index (χ1v) is 9.14. The Balaban J connectivity index is 1.70. The molecule has 0 saturated heterocycles. The van der Waals surface area contributed by atoms with Crippen molar-refractivity contribution in [1.29, 1.82) is 0 Å². The molecule has 5 heteroatoms. The van der Waals surface area contributed by atoms with Gasteiger partial charge in [-0.3, -0.25) is 0 Å². The van der Waals surface area contributed by atoms with Crippen LogP contribution in [-0.4, -0.2) is 44.7 Å². The third kappa shape index (κ3) is 4.88. The van der Waals surface area contributed by atoms with E-state index in [2.05, 4.69) is 53.9 Å². The number of hydrogen-bond acceptors (Lipinski definition) is 4. The maximum Gasteiger partial charge on any atom is 0.145 e. The number of anilines is 1. The second-order valence-corrected chi connectivity index (χ2v) is 7.14. The summed E-state index contributed by atoms with van der Waals surface area (Å²) < 4.78 is 6.31. The maximum absolute atomic E-state index is 6.31. The number of ether oxygens (including phenoxy) is 1. The molecular weight excluding hydrogens is 334 g/mol. The molecule has 0 bridgehead atoms. The van der Waals surface area contributed by atoms with E-state index >= 15 is 0 Å². The molecule has 25 heavy (non-hydrogen) atoms. The van der Waals surface area contributed by atoms with Crippen molar-refractivity contribution in [2.75, 3.05) is 39.0 Å². The van der Waals surface area contributed by atoms with E-state index in [1.807, 2.05) is 24.3 Å². The van der Waals surface area contributed by atoms with E-state index in [0.717, 1.165) is 37.5 Å². The normalized spacial score (nSPS) is 19.2. The molecule has 0 spiro atoms. The topological polar surface area (TPSA) is 36.5 Å². The monoisotopic (exact) mass is 359 g/mol. The summed E-state index contributed by atoms with van der Waals surface area (Å²) in [5.41, 5.74) is 2.13. The second kappa shape index (κ2) is 8.56. The first kappa shape index (κ1) is 18.1. The molecule has 0 amide bonds. The van der Waals surface area contributed by atoms with E-state index in [4.69, 9.17) is 16.3 Å². The number of nitrogens with one attached hydrogen (secondary N) is 2. The molecule has 0 fully saturated rings. The zero-order chi connectivity index (χ0) is 17.6. The van der Waals surface area contributed by atoms with Crippen molar-refractivity contribution in [1.82, 2.24) is 10.2 Å². The van der Waals surface area contributed by atoms with Crippen LogP contribution in [-0.2, 0) is 0 Å². The Morgan fingerprint density at radius 3 is 2.72 bits per heavy atom. The van der Waals surface area contributed by atoms with E-state index in [0.29, 0.717) is 5.02 Å². The van der Waals surface area contributed by atoms with Crippen LogP contribution < -0.4 is 15.4 Å². The molecule has 3 rings (SSSR count). The van der Waals surface area contributed by atoms with Crippen LogP contribution in [0.5, 0.6) is 5.75 Å². The molecule has 0 aromatic heterocycles. The molecule has 2 N–H and O–H groups in total. The van der Waals surface area contributed by atoms with Crippen LogP contribution >= 0.6 is 11.6 Å². The number of fused-ring (bicyclic) bond motifs is 1. The minimum atomic E-state index is -0.0313. The predicted molar refractivity (Wildman–Crippen MR) is 105 cm³/mol. The van der Waals surface area contributed by atoms with Gasteiger partial charge in [-0.25, -0.2) is 0 Å².